The van der Waals surface area contributed by atoms with Crippen molar-refractivity contribution in [3.05, 3.63) is 34.6 Å². The van der Waals surface area contributed by atoms with Crippen LogP contribution in [0.5, 0.6) is 0 Å². The highest BCUT2D eigenvalue weighted by molar-refractivity contribution is 6.30. The number of rotatable bonds is 5. The van der Waals surface area contributed by atoms with Crippen molar-refractivity contribution >= 4 is 17.5 Å². The first-order chi connectivity index (χ1) is 10.2. The summed E-state index contributed by atoms with van der Waals surface area (Å²) >= 11 is 5.78. The van der Waals surface area contributed by atoms with E-state index in [1.165, 1.54) is 56.7 Å². The lowest BCUT2D eigenvalue weighted by atomic mass is 10.1. The monoisotopic (exact) mass is 312 g/mol. The third-order valence-corrected chi connectivity index (χ3v) is 4.11. The number of amides is 1. The third-order valence-electron chi connectivity index (χ3n) is 3.87. The Balaban J connectivity index is 1.72. The molecule has 116 valence electrons. The van der Waals surface area contributed by atoms with Crippen LogP contribution in [0.4, 0.5) is 4.39 Å². The van der Waals surface area contributed by atoms with Crippen molar-refractivity contribution in [2.24, 2.45) is 0 Å². The van der Waals surface area contributed by atoms with Crippen LogP contribution in [-0.2, 0) is 0 Å². The molecular weight excluding hydrogens is 291 g/mol. The predicted molar refractivity (Wildman–Crippen MR) is 83.2 cm³/mol. The minimum absolute atomic E-state index is 0.00281. The van der Waals surface area contributed by atoms with Gasteiger partial charge < -0.3 is 10.6 Å². The van der Waals surface area contributed by atoms with Crippen LogP contribution in [0.15, 0.2) is 18.2 Å². The van der Waals surface area contributed by atoms with E-state index in [-0.39, 0.29) is 5.56 Å². The zero-order valence-electron chi connectivity index (χ0n) is 12.1. The molecule has 1 fully saturated rings. The van der Waals surface area contributed by atoms with Crippen LogP contribution in [0.25, 0.3) is 0 Å². The second-order valence-electron chi connectivity index (χ2n) is 5.52. The summed E-state index contributed by atoms with van der Waals surface area (Å²) < 4.78 is 13.5. The molecule has 0 unspecified atom stereocenters. The summed E-state index contributed by atoms with van der Waals surface area (Å²) in [6.45, 7) is 1.19. The van der Waals surface area contributed by atoms with Gasteiger partial charge in [0.25, 0.3) is 5.91 Å². The number of benzene rings is 1. The fourth-order valence-electron chi connectivity index (χ4n) is 2.70. The van der Waals surface area contributed by atoms with E-state index in [9.17, 15) is 9.18 Å². The highest BCUT2D eigenvalue weighted by Gasteiger charge is 2.13. The van der Waals surface area contributed by atoms with Crippen LogP contribution >= 0.6 is 11.6 Å². The van der Waals surface area contributed by atoms with Gasteiger partial charge in [0.05, 0.1) is 5.56 Å². The molecule has 0 aromatic heterocycles. The Hall–Kier alpha value is -1.13. The summed E-state index contributed by atoms with van der Waals surface area (Å²) in [7, 11) is 0. The average Bonchev–Trinajstić information content (AvgIpc) is 2.74. The lowest BCUT2D eigenvalue weighted by Crippen LogP contribution is -2.37. The maximum absolute atomic E-state index is 13.5. The Bertz CT molecular complexity index is 473. The van der Waals surface area contributed by atoms with Gasteiger partial charge in [0.15, 0.2) is 0 Å². The number of hydrogen-bond donors (Lipinski definition) is 2. The summed E-state index contributed by atoms with van der Waals surface area (Å²) in [5.74, 6) is -0.966. The van der Waals surface area contributed by atoms with Crippen LogP contribution < -0.4 is 10.6 Å². The Labute approximate surface area is 130 Å². The maximum atomic E-state index is 13.5. The van der Waals surface area contributed by atoms with E-state index in [1.807, 2.05) is 0 Å². The molecule has 3 nitrogen and oxygen atoms in total. The second-order valence-corrected chi connectivity index (χ2v) is 5.96. The Morgan fingerprint density at radius 1 is 1.19 bits per heavy atom. The fourth-order valence-corrected chi connectivity index (χ4v) is 2.87. The van der Waals surface area contributed by atoms with E-state index in [2.05, 4.69) is 10.6 Å². The molecule has 1 aliphatic carbocycles. The number of carbonyl (C=O) groups excluding carboxylic acids is 1. The van der Waals surface area contributed by atoms with Crippen molar-refractivity contribution in [3.63, 3.8) is 0 Å². The number of carbonyl (C=O) groups is 1. The highest BCUT2D eigenvalue weighted by atomic mass is 35.5. The van der Waals surface area contributed by atoms with Gasteiger partial charge in [-0.2, -0.15) is 0 Å². The SMILES string of the molecule is O=C(NCCNC1CCCCCC1)c1cc(Cl)ccc1F. The maximum Gasteiger partial charge on any atom is 0.254 e. The number of hydrogen-bond acceptors (Lipinski definition) is 2. The molecule has 1 aliphatic rings. The van der Waals surface area contributed by atoms with Gasteiger partial charge in [-0.3, -0.25) is 4.79 Å². The quantitative estimate of drug-likeness (QED) is 0.645. The molecule has 0 spiro atoms. The smallest absolute Gasteiger partial charge is 0.254 e. The minimum atomic E-state index is -0.548. The van der Waals surface area contributed by atoms with Crippen molar-refractivity contribution < 1.29 is 9.18 Å². The van der Waals surface area contributed by atoms with E-state index >= 15 is 0 Å². The first-order valence-electron chi connectivity index (χ1n) is 7.63. The summed E-state index contributed by atoms with van der Waals surface area (Å²) in [4.78, 5) is 11.9. The third kappa shape index (κ3) is 5.29. The molecule has 1 saturated carbocycles. The van der Waals surface area contributed by atoms with Gasteiger partial charge in [-0.05, 0) is 31.0 Å². The molecule has 0 bridgehead atoms. The van der Waals surface area contributed by atoms with Crippen LogP contribution in [0.1, 0.15) is 48.9 Å². The molecule has 1 aromatic carbocycles. The lowest BCUT2D eigenvalue weighted by molar-refractivity contribution is 0.0949. The number of halogens is 2. The largest absolute Gasteiger partial charge is 0.351 e. The molecule has 1 amide bonds. The normalized spacial score (nSPS) is 16.5. The van der Waals surface area contributed by atoms with Gasteiger partial charge >= 0.3 is 0 Å². The van der Waals surface area contributed by atoms with E-state index in [4.69, 9.17) is 11.6 Å². The Morgan fingerprint density at radius 3 is 2.62 bits per heavy atom. The molecule has 21 heavy (non-hydrogen) atoms. The van der Waals surface area contributed by atoms with Crippen molar-refractivity contribution in [1.82, 2.24) is 10.6 Å². The molecule has 2 N–H and O–H groups in total. The molecule has 0 heterocycles. The lowest BCUT2D eigenvalue weighted by Gasteiger charge is -2.16. The average molecular weight is 313 g/mol. The van der Waals surface area contributed by atoms with Crippen LogP contribution in [0.3, 0.4) is 0 Å². The Kier molecular flexibility index (Phi) is 6.46. The molecular formula is C16H22ClFN2O. The van der Waals surface area contributed by atoms with Crippen LogP contribution in [0.2, 0.25) is 5.02 Å². The van der Waals surface area contributed by atoms with E-state index in [0.717, 1.165) is 0 Å². The van der Waals surface area contributed by atoms with Crippen LogP contribution in [-0.4, -0.2) is 25.0 Å². The summed E-state index contributed by atoms with van der Waals surface area (Å²) in [5, 5.41) is 6.54. The predicted octanol–water partition coefficient (Wildman–Crippen LogP) is 3.52. The van der Waals surface area contributed by atoms with Crippen molar-refractivity contribution in [1.29, 1.82) is 0 Å². The summed E-state index contributed by atoms with van der Waals surface area (Å²) in [6, 6.07) is 4.54. The van der Waals surface area contributed by atoms with Gasteiger partial charge in [-0.1, -0.05) is 37.3 Å². The molecule has 0 saturated heterocycles. The molecule has 2 rings (SSSR count). The van der Waals surface area contributed by atoms with E-state index in [1.54, 1.807) is 0 Å². The molecule has 0 radical (unpaired) electrons. The van der Waals surface area contributed by atoms with Gasteiger partial charge in [0.1, 0.15) is 5.82 Å². The molecule has 1 aromatic rings. The highest BCUT2D eigenvalue weighted by Crippen LogP contribution is 2.17. The van der Waals surface area contributed by atoms with Crippen LogP contribution in [0, 0.1) is 5.82 Å². The van der Waals surface area contributed by atoms with Gasteiger partial charge in [0.2, 0.25) is 0 Å². The zero-order valence-corrected chi connectivity index (χ0v) is 12.9. The first-order valence-corrected chi connectivity index (χ1v) is 8.01. The number of nitrogens with one attached hydrogen (secondary N) is 2. The standard InChI is InChI=1S/C16H22ClFN2O/c17-12-7-8-15(18)14(11-12)16(21)20-10-9-19-13-5-3-1-2-4-6-13/h7-8,11,13,19H,1-6,9-10H2,(H,20,21). The zero-order chi connectivity index (χ0) is 15.1. The second kappa shape index (κ2) is 8.35. The molecule has 0 aliphatic heterocycles. The van der Waals surface area contributed by atoms with Gasteiger partial charge in [0, 0.05) is 24.2 Å². The first kappa shape index (κ1) is 16.2. The molecule has 0 atom stereocenters. The van der Waals surface area contributed by atoms with Gasteiger partial charge in [-0.25, -0.2) is 4.39 Å². The topological polar surface area (TPSA) is 41.1 Å². The minimum Gasteiger partial charge on any atom is -0.351 e. The molecule has 5 heteroatoms. The summed E-state index contributed by atoms with van der Waals surface area (Å²) in [5.41, 5.74) is -0.00281. The fraction of sp³-hybridized carbons (Fsp3) is 0.562. The van der Waals surface area contributed by atoms with Crippen molar-refractivity contribution in [2.75, 3.05) is 13.1 Å². The van der Waals surface area contributed by atoms with E-state index in [0.29, 0.717) is 24.2 Å². The van der Waals surface area contributed by atoms with Crippen molar-refractivity contribution in [3.8, 4) is 0 Å². The van der Waals surface area contributed by atoms with Gasteiger partial charge in [-0.15, -0.1) is 0 Å². The summed E-state index contributed by atoms with van der Waals surface area (Å²) in [6.07, 6.45) is 7.61. The van der Waals surface area contributed by atoms with E-state index < -0.39 is 11.7 Å². The van der Waals surface area contributed by atoms with Crippen molar-refractivity contribution in [2.45, 2.75) is 44.6 Å². The Morgan fingerprint density at radius 2 is 1.90 bits per heavy atom.